The summed E-state index contributed by atoms with van der Waals surface area (Å²) in [6.45, 7) is 1.46. The van der Waals surface area contributed by atoms with E-state index in [1.165, 1.54) is 22.8 Å². The number of nitrogens with one attached hydrogen (secondary N) is 1. The number of carbonyl (C=O) groups excluding carboxylic acids is 2. The van der Waals surface area contributed by atoms with Crippen molar-refractivity contribution in [3.63, 3.8) is 0 Å². The standard InChI is InChI=1S/C29H21ClF2N2O4S.CH4/c1-17-6-10-21(11-7-17)39(37,38)33-29(36)28-27(22-4-2-3-5-26(22)35)23-15-19(30)8-13-25(23)34(28)16-18-14-20(31)9-12-24(18)32;/h2-4,6-15H,5,16H2,1H3,(H,33,36);1H4. The first-order valence-electron chi connectivity index (χ1n) is 11.8. The monoisotopic (exact) mass is 582 g/mol. The lowest BCUT2D eigenvalue weighted by atomic mass is 9.93. The Labute approximate surface area is 235 Å². The Balaban J connectivity index is 0.00000370. The van der Waals surface area contributed by atoms with Crippen molar-refractivity contribution in [1.29, 1.82) is 0 Å². The first-order chi connectivity index (χ1) is 18.5. The quantitative estimate of drug-likeness (QED) is 0.278. The van der Waals surface area contributed by atoms with Gasteiger partial charge >= 0.3 is 0 Å². The van der Waals surface area contributed by atoms with Crippen LogP contribution in [0.2, 0.25) is 5.02 Å². The Morgan fingerprint density at radius 1 is 1.05 bits per heavy atom. The molecule has 1 amide bonds. The average molecular weight is 583 g/mol. The molecule has 6 nitrogen and oxygen atoms in total. The molecule has 0 fully saturated rings. The van der Waals surface area contributed by atoms with E-state index in [1.54, 1.807) is 49.4 Å². The molecule has 1 heterocycles. The van der Waals surface area contributed by atoms with Crippen molar-refractivity contribution in [2.24, 2.45) is 0 Å². The second kappa shape index (κ2) is 11.2. The molecule has 1 aliphatic rings. The molecule has 0 bridgehead atoms. The van der Waals surface area contributed by atoms with E-state index < -0.39 is 27.6 Å². The minimum absolute atomic E-state index is 0. The smallest absolute Gasteiger partial charge is 0.282 e. The molecular formula is C30H25ClF2N2O4S. The van der Waals surface area contributed by atoms with Crippen LogP contribution in [0, 0.1) is 18.6 Å². The molecule has 1 N–H and O–H groups in total. The molecule has 4 aromatic rings. The van der Waals surface area contributed by atoms with Crippen molar-refractivity contribution < 1.29 is 26.8 Å². The lowest BCUT2D eigenvalue weighted by Crippen LogP contribution is -2.33. The van der Waals surface area contributed by atoms with Crippen LogP contribution in [-0.4, -0.2) is 24.7 Å². The molecule has 10 heteroatoms. The van der Waals surface area contributed by atoms with Gasteiger partial charge in [0.05, 0.1) is 11.4 Å². The highest BCUT2D eigenvalue weighted by molar-refractivity contribution is 7.90. The molecule has 40 heavy (non-hydrogen) atoms. The van der Waals surface area contributed by atoms with Gasteiger partial charge in [-0.2, -0.15) is 0 Å². The van der Waals surface area contributed by atoms with Gasteiger partial charge in [0, 0.05) is 39.0 Å². The van der Waals surface area contributed by atoms with Crippen LogP contribution in [0.25, 0.3) is 16.5 Å². The Kier molecular flexibility index (Phi) is 8.09. The average Bonchev–Trinajstić information content (AvgIpc) is 3.19. The van der Waals surface area contributed by atoms with E-state index in [4.69, 9.17) is 11.6 Å². The van der Waals surface area contributed by atoms with Crippen molar-refractivity contribution >= 4 is 49.8 Å². The number of rotatable bonds is 6. The number of allylic oxidation sites excluding steroid dienone is 4. The summed E-state index contributed by atoms with van der Waals surface area (Å²) in [7, 11) is -4.33. The normalized spacial score (nSPS) is 13.2. The van der Waals surface area contributed by atoms with Gasteiger partial charge in [0.15, 0.2) is 5.78 Å². The summed E-state index contributed by atoms with van der Waals surface area (Å²) in [5.74, 6) is -2.75. The fraction of sp³-hybridized carbons (Fsp3) is 0.133. The molecule has 0 radical (unpaired) electrons. The number of aromatic nitrogens is 1. The largest absolute Gasteiger partial charge is 0.331 e. The summed E-state index contributed by atoms with van der Waals surface area (Å²) < 4.78 is 58.5. The predicted molar refractivity (Wildman–Crippen MR) is 152 cm³/mol. The highest BCUT2D eigenvalue weighted by Crippen LogP contribution is 2.36. The zero-order valence-corrected chi connectivity index (χ0v) is 22.1. The fourth-order valence-electron chi connectivity index (χ4n) is 4.55. The van der Waals surface area contributed by atoms with Crippen LogP contribution in [0.3, 0.4) is 0 Å². The number of Topliss-reactive ketones (excluding diaryl/α,β-unsaturated/α-hetero) is 1. The zero-order chi connectivity index (χ0) is 27.9. The number of benzene rings is 3. The second-order valence-electron chi connectivity index (χ2n) is 9.09. The van der Waals surface area contributed by atoms with Gasteiger partial charge in [-0.15, -0.1) is 0 Å². The number of ketones is 1. The van der Waals surface area contributed by atoms with E-state index in [0.29, 0.717) is 15.9 Å². The van der Waals surface area contributed by atoms with Crippen LogP contribution in [0.5, 0.6) is 0 Å². The number of sulfonamides is 1. The zero-order valence-electron chi connectivity index (χ0n) is 20.5. The predicted octanol–water partition coefficient (Wildman–Crippen LogP) is 6.60. The van der Waals surface area contributed by atoms with Crippen molar-refractivity contribution in [3.8, 4) is 0 Å². The van der Waals surface area contributed by atoms with E-state index in [-0.39, 0.29) is 53.5 Å². The maximum Gasteiger partial charge on any atom is 0.282 e. The van der Waals surface area contributed by atoms with Crippen LogP contribution in [0.1, 0.15) is 41.0 Å². The lowest BCUT2D eigenvalue weighted by molar-refractivity contribution is -0.113. The maximum atomic E-state index is 14.7. The molecule has 0 atom stereocenters. The molecule has 1 aliphatic carbocycles. The first kappa shape index (κ1) is 28.9. The molecule has 0 unspecified atom stereocenters. The highest BCUT2D eigenvalue weighted by Gasteiger charge is 2.31. The summed E-state index contributed by atoms with van der Waals surface area (Å²) in [4.78, 5) is 26.7. The number of aryl methyl sites for hydroxylation is 1. The van der Waals surface area contributed by atoms with Gasteiger partial charge < -0.3 is 4.57 Å². The number of amides is 1. The molecule has 206 valence electrons. The van der Waals surface area contributed by atoms with E-state index in [2.05, 4.69) is 4.72 Å². The van der Waals surface area contributed by atoms with Gasteiger partial charge in [0.2, 0.25) is 0 Å². The van der Waals surface area contributed by atoms with Crippen LogP contribution in [0.15, 0.2) is 83.8 Å². The fourth-order valence-corrected chi connectivity index (χ4v) is 5.67. The Morgan fingerprint density at radius 3 is 2.48 bits per heavy atom. The molecule has 1 aromatic heterocycles. The molecule has 5 rings (SSSR count). The van der Waals surface area contributed by atoms with Crippen molar-refractivity contribution in [3.05, 3.63) is 118 Å². The second-order valence-corrected chi connectivity index (χ2v) is 11.2. The van der Waals surface area contributed by atoms with Crippen molar-refractivity contribution in [2.75, 3.05) is 0 Å². The number of carbonyl (C=O) groups is 2. The minimum atomic E-state index is -4.33. The molecule has 0 saturated heterocycles. The lowest BCUT2D eigenvalue weighted by Gasteiger charge is -2.15. The first-order valence-corrected chi connectivity index (χ1v) is 13.7. The summed E-state index contributed by atoms with van der Waals surface area (Å²) in [6.07, 6.45) is 4.91. The van der Waals surface area contributed by atoms with Crippen LogP contribution in [0.4, 0.5) is 8.78 Å². The third kappa shape index (κ3) is 5.48. The minimum Gasteiger partial charge on any atom is -0.331 e. The van der Waals surface area contributed by atoms with E-state index in [9.17, 15) is 26.8 Å². The molecule has 0 aliphatic heterocycles. The third-order valence-corrected chi connectivity index (χ3v) is 7.99. The van der Waals surface area contributed by atoms with E-state index in [0.717, 1.165) is 23.8 Å². The van der Waals surface area contributed by atoms with E-state index in [1.807, 2.05) is 0 Å². The van der Waals surface area contributed by atoms with Crippen LogP contribution < -0.4 is 4.72 Å². The molecule has 3 aromatic carbocycles. The number of halogens is 3. The van der Waals surface area contributed by atoms with Gasteiger partial charge in [0.25, 0.3) is 15.9 Å². The summed E-state index contributed by atoms with van der Waals surface area (Å²) in [6, 6.07) is 13.5. The topological polar surface area (TPSA) is 85.2 Å². The molecule has 0 saturated carbocycles. The molecule has 0 spiro atoms. The summed E-state index contributed by atoms with van der Waals surface area (Å²) >= 11 is 6.28. The maximum absolute atomic E-state index is 14.7. The molecular weight excluding hydrogens is 558 g/mol. The Bertz CT molecular complexity index is 1820. The van der Waals surface area contributed by atoms with Crippen molar-refractivity contribution in [2.45, 2.75) is 32.2 Å². The highest BCUT2D eigenvalue weighted by atomic mass is 35.5. The van der Waals surface area contributed by atoms with Crippen LogP contribution in [-0.2, 0) is 21.4 Å². The summed E-state index contributed by atoms with van der Waals surface area (Å²) in [5.41, 5.74) is 1.23. The van der Waals surface area contributed by atoms with Gasteiger partial charge in [0.1, 0.15) is 17.3 Å². The number of fused-ring (bicyclic) bond motifs is 1. The van der Waals surface area contributed by atoms with Gasteiger partial charge in [-0.3, -0.25) is 9.59 Å². The van der Waals surface area contributed by atoms with Crippen molar-refractivity contribution in [1.82, 2.24) is 9.29 Å². The Morgan fingerprint density at radius 2 is 1.77 bits per heavy atom. The van der Waals surface area contributed by atoms with Gasteiger partial charge in [-0.25, -0.2) is 21.9 Å². The number of hydrogen-bond donors (Lipinski definition) is 1. The van der Waals surface area contributed by atoms with Gasteiger partial charge in [-0.05, 0) is 55.5 Å². The Hall–Kier alpha value is -4.08. The number of hydrogen-bond acceptors (Lipinski definition) is 4. The van der Waals surface area contributed by atoms with E-state index >= 15 is 0 Å². The number of nitrogens with zero attached hydrogens (tertiary/aromatic N) is 1. The van der Waals surface area contributed by atoms with Crippen LogP contribution >= 0.6 is 11.6 Å². The van der Waals surface area contributed by atoms with Gasteiger partial charge in [-0.1, -0.05) is 55.0 Å². The third-order valence-electron chi connectivity index (χ3n) is 6.41. The summed E-state index contributed by atoms with van der Waals surface area (Å²) in [5, 5.41) is 0.684. The SMILES string of the molecule is C.Cc1ccc(S(=O)(=O)NC(=O)c2c(C3=CC=CCC3=O)c3cc(Cl)ccc3n2Cc2cc(F)ccc2F)cc1.